The number of benzene rings is 1. The largest absolute Gasteiger partial charge is 0.423 e. The maximum atomic E-state index is 11.4. The number of ether oxygens (including phenoxy) is 1. The Bertz CT molecular complexity index is 508. The number of hydrogen-bond donors (Lipinski definition) is 0. The first kappa shape index (κ1) is 15.4. The van der Waals surface area contributed by atoms with Gasteiger partial charge < -0.3 is 4.74 Å². The minimum absolute atomic E-state index is 0.0522. The summed E-state index contributed by atoms with van der Waals surface area (Å²) < 4.78 is 5.00. The van der Waals surface area contributed by atoms with Crippen LogP contribution in [-0.2, 0) is 4.79 Å². The lowest BCUT2D eigenvalue weighted by Gasteiger charge is -2.11. The highest BCUT2D eigenvalue weighted by molar-refractivity contribution is 6.50. The van der Waals surface area contributed by atoms with Crippen molar-refractivity contribution in [3.05, 3.63) is 25.7 Å². The smallest absolute Gasteiger partial charge is 0.311 e. The van der Waals surface area contributed by atoms with Crippen molar-refractivity contribution < 1.29 is 9.53 Å². The van der Waals surface area contributed by atoms with E-state index in [4.69, 9.17) is 56.4 Å². The molecule has 0 bridgehead atoms. The molecule has 0 radical (unpaired) electrons. The molecule has 1 aromatic carbocycles. The fraction of sp³-hybridized carbons (Fsp3) is 0.273. The van der Waals surface area contributed by atoms with Crippen molar-refractivity contribution in [3.63, 3.8) is 0 Å². The molecule has 7 heteroatoms. The summed E-state index contributed by atoms with van der Waals surface area (Å²) in [4.78, 5) is 11.4. The highest BCUT2D eigenvalue weighted by Gasteiger charge is 2.23. The van der Waals surface area contributed by atoms with Crippen LogP contribution in [0.2, 0.25) is 20.1 Å². The Morgan fingerprint density at radius 2 is 1.67 bits per heavy atom. The van der Waals surface area contributed by atoms with E-state index in [-0.39, 0.29) is 37.8 Å². The van der Waals surface area contributed by atoms with E-state index in [9.17, 15) is 4.79 Å². The van der Waals surface area contributed by atoms with Gasteiger partial charge in [0.15, 0.2) is 5.75 Å². The Hall–Kier alpha value is -0.660. The summed E-state index contributed by atoms with van der Waals surface area (Å²) in [6.07, 6.45) is 0.827. The molecule has 0 heterocycles. The van der Waals surface area contributed by atoms with Gasteiger partial charge in [0.1, 0.15) is 16.1 Å². The number of carbonyl (C=O) groups is 1. The molecule has 0 amide bonds. The second-order valence-corrected chi connectivity index (χ2v) is 4.81. The van der Waals surface area contributed by atoms with Gasteiger partial charge in [-0.05, 0) is 6.42 Å². The Balaban J connectivity index is 3.30. The van der Waals surface area contributed by atoms with Crippen molar-refractivity contribution in [2.45, 2.75) is 19.8 Å². The van der Waals surface area contributed by atoms with Crippen LogP contribution in [0.25, 0.3) is 0 Å². The molecule has 0 aliphatic carbocycles. The number of nitrogens with zero attached hydrogens (tertiary/aromatic N) is 1. The summed E-state index contributed by atoms with van der Waals surface area (Å²) >= 11 is 23.5. The van der Waals surface area contributed by atoms with Crippen molar-refractivity contribution in [2.24, 2.45) is 0 Å². The highest BCUT2D eigenvalue weighted by atomic mass is 35.5. The van der Waals surface area contributed by atoms with Crippen LogP contribution in [0.1, 0.15) is 25.3 Å². The third-order valence-electron chi connectivity index (χ3n) is 2.00. The quantitative estimate of drug-likeness (QED) is 0.452. The number of carbonyl (C=O) groups excluding carboxylic acids is 1. The lowest BCUT2D eigenvalue weighted by molar-refractivity contribution is -0.134. The zero-order valence-corrected chi connectivity index (χ0v) is 12.2. The van der Waals surface area contributed by atoms with Gasteiger partial charge in [-0.15, -0.1) is 0 Å². The van der Waals surface area contributed by atoms with Gasteiger partial charge in [0, 0.05) is 6.42 Å². The number of rotatable bonds is 3. The van der Waals surface area contributed by atoms with Crippen molar-refractivity contribution in [2.75, 3.05) is 0 Å². The van der Waals surface area contributed by atoms with Gasteiger partial charge in [0.2, 0.25) is 0 Å². The van der Waals surface area contributed by atoms with Crippen molar-refractivity contribution in [1.82, 2.24) is 0 Å². The number of nitriles is 1. The standard InChI is InChI=1S/C11H7Cl4NO2/c1-2-3-6(17)18-11-9(14)7(12)5(4-16)8(13)10(11)15/h2-3H2,1H3. The molecule has 0 aliphatic heterocycles. The highest BCUT2D eigenvalue weighted by Crippen LogP contribution is 2.45. The molecule has 1 rings (SSSR count). The number of halogens is 4. The summed E-state index contributed by atoms with van der Waals surface area (Å²) in [6, 6.07) is 1.78. The molecule has 96 valence electrons. The molecule has 0 N–H and O–H groups in total. The first-order valence-electron chi connectivity index (χ1n) is 4.90. The van der Waals surface area contributed by atoms with E-state index in [0.29, 0.717) is 6.42 Å². The third-order valence-corrected chi connectivity index (χ3v) is 3.68. The lowest BCUT2D eigenvalue weighted by Crippen LogP contribution is -2.08. The minimum atomic E-state index is -0.502. The van der Waals surface area contributed by atoms with Crippen LogP contribution < -0.4 is 4.74 Å². The van der Waals surface area contributed by atoms with Crippen LogP contribution in [0.3, 0.4) is 0 Å². The normalized spacial score (nSPS) is 10.0. The van der Waals surface area contributed by atoms with E-state index in [1.807, 2.05) is 6.92 Å². The summed E-state index contributed by atoms with van der Waals surface area (Å²) in [5, 5.41) is 8.47. The molecule has 0 spiro atoms. The fourth-order valence-corrected chi connectivity index (χ4v) is 2.17. The first-order valence-corrected chi connectivity index (χ1v) is 6.41. The Morgan fingerprint density at radius 3 is 2.06 bits per heavy atom. The molecule has 0 atom stereocenters. The number of esters is 1. The van der Waals surface area contributed by atoms with Gasteiger partial charge in [-0.3, -0.25) is 4.79 Å². The van der Waals surface area contributed by atoms with E-state index in [1.165, 1.54) is 0 Å². The average Bonchev–Trinajstić information content (AvgIpc) is 2.33. The van der Waals surface area contributed by atoms with Gasteiger partial charge in [0.25, 0.3) is 0 Å². The Morgan fingerprint density at radius 1 is 1.17 bits per heavy atom. The maximum Gasteiger partial charge on any atom is 0.311 e. The Kier molecular flexibility index (Phi) is 5.55. The molecule has 3 nitrogen and oxygen atoms in total. The molecule has 0 fully saturated rings. The number of hydrogen-bond acceptors (Lipinski definition) is 3. The van der Waals surface area contributed by atoms with Crippen LogP contribution in [-0.4, -0.2) is 5.97 Å². The van der Waals surface area contributed by atoms with Gasteiger partial charge >= 0.3 is 5.97 Å². The molecule has 18 heavy (non-hydrogen) atoms. The molecule has 0 unspecified atom stereocenters. The Labute approximate surface area is 124 Å². The summed E-state index contributed by atoms with van der Waals surface area (Å²) in [5.41, 5.74) is -0.0522. The van der Waals surface area contributed by atoms with Crippen LogP contribution in [0, 0.1) is 11.3 Å². The lowest BCUT2D eigenvalue weighted by atomic mass is 10.2. The molecule has 0 saturated heterocycles. The van der Waals surface area contributed by atoms with Crippen molar-refractivity contribution in [1.29, 1.82) is 5.26 Å². The fourth-order valence-electron chi connectivity index (χ4n) is 1.17. The predicted octanol–water partition coefficient (Wildman–Crippen LogP) is 4.88. The monoisotopic (exact) mass is 325 g/mol. The molecule has 0 aromatic heterocycles. The van der Waals surface area contributed by atoms with Crippen molar-refractivity contribution >= 4 is 52.4 Å². The van der Waals surface area contributed by atoms with E-state index in [0.717, 1.165) is 0 Å². The van der Waals surface area contributed by atoms with Gasteiger partial charge in [-0.1, -0.05) is 53.3 Å². The topological polar surface area (TPSA) is 50.1 Å². The predicted molar refractivity (Wildman–Crippen MR) is 71.7 cm³/mol. The van der Waals surface area contributed by atoms with Crippen molar-refractivity contribution in [3.8, 4) is 11.8 Å². The van der Waals surface area contributed by atoms with Crippen LogP contribution in [0.15, 0.2) is 0 Å². The van der Waals surface area contributed by atoms with E-state index in [2.05, 4.69) is 0 Å². The maximum absolute atomic E-state index is 11.4. The third kappa shape index (κ3) is 3.02. The van der Waals surface area contributed by atoms with Crippen LogP contribution >= 0.6 is 46.4 Å². The summed E-state index contributed by atoms with van der Waals surface area (Å²) in [5.74, 6) is -0.621. The first-order chi connectivity index (χ1) is 8.43. The molecule has 1 aromatic rings. The zero-order valence-electron chi connectivity index (χ0n) is 9.19. The molecule has 0 saturated carbocycles. The summed E-state index contributed by atoms with van der Waals surface area (Å²) in [6.45, 7) is 1.82. The van der Waals surface area contributed by atoms with Crippen LogP contribution in [0.5, 0.6) is 5.75 Å². The van der Waals surface area contributed by atoms with E-state index >= 15 is 0 Å². The second kappa shape index (κ2) is 6.49. The zero-order chi connectivity index (χ0) is 13.9. The second-order valence-electron chi connectivity index (χ2n) is 3.30. The molecule has 0 aliphatic rings. The molecular weight excluding hydrogens is 320 g/mol. The van der Waals surface area contributed by atoms with Crippen LogP contribution in [0.4, 0.5) is 0 Å². The van der Waals surface area contributed by atoms with Gasteiger partial charge in [0.05, 0.1) is 15.6 Å². The molecular formula is C11H7Cl4NO2. The summed E-state index contributed by atoms with van der Waals surface area (Å²) in [7, 11) is 0. The van der Waals surface area contributed by atoms with Gasteiger partial charge in [-0.2, -0.15) is 5.26 Å². The van der Waals surface area contributed by atoms with Gasteiger partial charge in [-0.25, -0.2) is 0 Å². The SMILES string of the molecule is CCCC(=O)Oc1c(Cl)c(Cl)c(C#N)c(Cl)c1Cl. The average molecular weight is 327 g/mol. The minimum Gasteiger partial charge on any atom is -0.423 e. The van der Waals surface area contributed by atoms with E-state index in [1.54, 1.807) is 6.07 Å². The van der Waals surface area contributed by atoms with E-state index < -0.39 is 5.97 Å².